The number of rotatable bonds is 7. The summed E-state index contributed by atoms with van der Waals surface area (Å²) in [6.07, 6.45) is 2.27. The number of benzene rings is 1. The Bertz CT molecular complexity index is 1170. The summed E-state index contributed by atoms with van der Waals surface area (Å²) in [6, 6.07) is 8.40. The summed E-state index contributed by atoms with van der Waals surface area (Å²) in [5, 5.41) is 21.7. The predicted molar refractivity (Wildman–Crippen MR) is 116 cm³/mol. The number of anilines is 1. The van der Waals surface area contributed by atoms with Crippen LogP contribution in [0.1, 0.15) is 47.0 Å². The van der Waals surface area contributed by atoms with Gasteiger partial charge in [0, 0.05) is 25.2 Å². The number of hydrogen-bond acceptors (Lipinski definition) is 5. The quantitative estimate of drug-likeness (QED) is 0.565. The second-order valence-corrected chi connectivity index (χ2v) is 8.71. The molecule has 1 N–H and O–H groups in total. The third-order valence-corrected chi connectivity index (χ3v) is 6.62. The highest BCUT2D eigenvalue weighted by Crippen LogP contribution is 2.39. The van der Waals surface area contributed by atoms with Crippen molar-refractivity contribution in [1.82, 2.24) is 19.3 Å². The number of nitriles is 1. The largest absolute Gasteiger partial charge is 0.326 e. The van der Waals surface area contributed by atoms with Crippen LogP contribution in [0.3, 0.4) is 0 Å². The van der Waals surface area contributed by atoms with Crippen LogP contribution in [0.2, 0.25) is 0 Å². The first-order valence-corrected chi connectivity index (χ1v) is 11.0. The van der Waals surface area contributed by atoms with E-state index in [-0.39, 0.29) is 17.5 Å². The maximum Gasteiger partial charge on any atom is 0.235 e. The van der Waals surface area contributed by atoms with Crippen molar-refractivity contribution in [2.45, 2.75) is 44.3 Å². The molecule has 1 aromatic carbocycles. The first-order chi connectivity index (χ1) is 14.9. The molecule has 0 radical (unpaired) electrons. The van der Waals surface area contributed by atoms with Gasteiger partial charge in [0.05, 0.1) is 11.3 Å². The van der Waals surface area contributed by atoms with Gasteiger partial charge in [0.15, 0.2) is 5.16 Å². The van der Waals surface area contributed by atoms with Crippen LogP contribution < -0.4 is 5.32 Å². The number of thioether (sulfide) groups is 1. The second kappa shape index (κ2) is 8.55. The molecule has 1 fully saturated rings. The zero-order valence-corrected chi connectivity index (χ0v) is 18.5. The lowest BCUT2D eigenvalue weighted by Crippen LogP contribution is -2.19. The highest BCUT2D eigenvalue weighted by Gasteiger charge is 2.29. The van der Waals surface area contributed by atoms with Crippen molar-refractivity contribution in [2.24, 2.45) is 7.05 Å². The number of carbonyl (C=O) groups excluding carboxylic acids is 1. The predicted octanol–water partition coefficient (Wildman–Crippen LogP) is 3.90. The van der Waals surface area contributed by atoms with E-state index < -0.39 is 0 Å². The van der Waals surface area contributed by atoms with Gasteiger partial charge in [-0.3, -0.25) is 4.79 Å². The van der Waals surface area contributed by atoms with E-state index in [9.17, 15) is 14.4 Å². The number of amides is 1. The van der Waals surface area contributed by atoms with Crippen molar-refractivity contribution in [3.8, 4) is 6.07 Å². The summed E-state index contributed by atoms with van der Waals surface area (Å²) in [5.74, 6) is 1.54. The first kappa shape index (κ1) is 21.1. The van der Waals surface area contributed by atoms with Crippen molar-refractivity contribution >= 4 is 23.5 Å². The molecule has 4 rings (SSSR count). The number of halogens is 1. The van der Waals surface area contributed by atoms with Crippen molar-refractivity contribution < 1.29 is 9.18 Å². The monoisotopic (exact) mass is 438 g/mol. The minimum atomic E-state index is -0.305. The van der Waals surface area contributed by atoms with Gasteiger partial charge in [-0.05, 0) is 49.9 Å². The van der Waals surface area contributed by atoms with Crippen LogP contribution in [0, 0.1) is 31.0 Å². The maximum absolute atomic E-state index is 13.3. The van der Waals surface area contributed by atoms with E-state index in [4.69, 9.17) is 0 Å². The summed E-state index contributed by atoms with van der Waals surface area (Å²) in [5.41, 5.74) is 3.01. The smallest absolute Gasteiger partial charge is 0.235 e. The highest BCUT2D eigenvalue weighted by molar-refractivity contribution is 7.99. The van der Waals surface area contributed by atoms with Gasteiger partial charge in [0.25, 0.3) is 0 Å². The molecule has 2 aromatic heterocycles. The molecule has 31 heavy (non-hydrogen) atoms. The van der Waals surface area contributed by atoms with Gasteiger partial charge < -0.3 is 14.5 Å². The average Bonchev–Trinajstić information content (AvgIpc) is 3.49. The molecule has 2 heterocycles. The van der Waals surface area contributed by atoms with Crippen LogP contribution in [0.15, 0.2) is 29.4 Å². The van der Waals surface area contributed by atoms with Crippen molar-refractivity contribution in [1.29, 1.82) is 5.26 Å². The molecule has 1 aliphatic rings. The summed E-state index contributed by atoms with van der Waals surface area (Å²) < 4.78 is 17.1. The molecule has 1 amide bonds. The van der Waals surface area contributed by atoms with Crippen molar-refractivity contribution in [3.63, 3.8) is 0 Å². The van der Waals surface area contributed by atoms with E-state index in [0.29, 0.717) is 29.0 Å². The number of carbonyl (C=O) groups is 1. The number of nitrogens with one attached hydrogen (secondary N) is 1. The molecule has 3 aromatic rings. The van der Waals surface area contributed by atoms with Crippen molar-refractivity contribution in [3.05, 3.63) is 58.3 Å². The zero-order valence-electron chi connectivity index (χ0n) is 17.6. The third-order valence-electron chi connectivity index (χ3n) is 5.60. The van der Waals surface area contributed by atoms with E-state index in [0.717, 1.165) is 35.5 Å². The highest BCUT2D eigenvalue weighted by atomic mass is 32.2. The molecular weight excluding hydrogens is 415 g/mol. The molecule has 9 heteroatoms. The van der Waals surface area contributed by atoms with Crippen LogP contribution >= 0.6 is 11.8 Å². The first-order valence-electron chi connectivity index (χ1n) is 10.0. The Morgan fingerprint density at radius 3 is 2.65 bits per heavy atom. The Kier molecular flexibility index (Phi) is 5.83. The fourth-order valence-corrected chi connectivity index (χ4v) is 4.27. The van der Waals surface area contributed by atoms with Crippen LogP contribution in [0.4, 0.5) is 10.2 Å². The molecule has 0 aliphatic heterocycles. The second-order valence-electron chi connectivity index (χ2n) is 7.77. The normalized spacial score (nSPS) is 13.3. The zero-order chi connectivity index (χ0) is 22.1. The van der Waals surface area contributed by atoms with Crippen LogP contribution in [0.25, 0.3) is 0 Å². The Morgan fingerprint density at radius 1 is 1.29 bits per heavy atom. The minimum absolute atomic E-state index is 0.154. The molecule has 1 saturated carbocycles. The van der Waals surface area contributed by atoms with E-state index in [1.165, 1.54) is 23.9 Å². The van der Waals surface area contributed by atoms with Gasteiger partial charge >= 0.3 is 0 Å². The summed E-state index contributed by atoms with van der Waals surface area (Å²) in [7, 11) is 1.92. The molecule has 0 bridgehead atoms. The maximum atomic E-state index is 13.3. The van der Waals surface area contributed by atoms with Crippen LogP contribution in [0.5, 0.6) is 0 Å². The standard InChI is InChI=1S/C22H23FN6OS/c1-13-14(2)29(11-15-4-8-17(23)9-5-15)21(18(13)10-24)25-19(30)12-31-22-27-26-20(28(22)3)16-6-7-16/h4-5,8-9,16H,6-7,11-12H2,1-3H3,(H,25,30). The summed E-state index contributed by atoms with van der Waals surface area (Å²) >= 11 is 1.32. The van der Waals surface area contributed by atoms with Gasteiger partial charge in [0.2, 0.25) is 5.91 Å². The molecule has 7 nitrogen and oxygen atoms in total. The molecule has 160 valence electrons. The van der Waals surface area contributed by atoms with Gasteiger partial charge in [0.1, 0.15) is 23.5 Å². The lowest BCUT2D eigenvalue weighted by atomic mass is 10.2. The Morgan fingerprint density at radius 2 is 2.00 bits per heavy atom. The molecule has 0 atom stereocenters. The van der Waals surface area contributed by atoms with Gasteiger partial charge in [-0.25, -0.2) is 4.39 Å². The number of nitrogens with zero attached hydrogens (tertiary/aromatic N) is 5. The van der Waals surface area contributed by atoms with E-state index >= 15 is 0 Å². The minimum Gasteiger partial charge on any atom is -0.326 e. The average molecular weight is 439 g/mol. The van der Waals surface area contributed by atoms with Crippen LogP contribution in [-0.2, 0) is 18.4 Å². The van der Waals surface area contributed by atoms with E-state index in [1.54, 1.807) is 12.1 Å². The number of hydrogen-bond donors (Lipinski definition) is 1. The lowest BCUT2D eigenvalue weighted by molar-refractivity contribution is -0.113. The van der Waals surface area contributed by atoms with Crippen LogP contribution in [-0.4, -0.2) is 31.0 Å². The topological polar surface area (TPSA) is 88.5 Å². The fraction of sp³-hybridized carbons (Fsp3) is 0.364. The SMILES string of the molecule is Cc1c(C#N)c(NC(=O)CSc2nnc(C3CC3)n2C)n(Cc2ccc(F)cc2)c1C. The Labute approximate surface area is 184 Å². The van der Waals surface area contributed by atoms with E-state index in [2.05, 4.69) is 21.6 Å². The molecule has 0 spiro atoms. The molecular formula is C22H23FN6OS. The molecule has 1 aliphatic carbocycles. The van der Waals surface area contributed by atoms with Crippen molar-refractivity contribution in [2.75, 3.05) is 11.1 Å². The van der Waals surface area contributed by atoms with Gasteiger partial charge in [-0.2, -0.15) is 5.26 Å². The fourth-order valence-electron chi connectivity index (χ4n) is 3.55. The third kappa shape index (κ3) is 4.35. The molecule has 0 unspecified atom stereocenters. The van der Waals surface area contributed by atoms with Gasteiger partial charge in [-0.1, -0.05) is 23.9 Å². The van der Waals surface area contributed by atoms with Gasteiger partial charge in [-0.15, -0.1) is 10.2 Å². The lowest BCUT2D eigenvalue weighted by Gasteiger charge is -2.13. The molecule has 0 saturated heterocycles. The number of aromatic nitrogens is 4. The Hall–Kier alpha value is -3.12. The summed E-state index contributed by atoms with van der Waals surface area (Å²) in [6.45, 7) is 4.19. The van der Waals surface area contributed by atoms with E-state index in [1.807, 2.05) is 30.0 Å². The summed E-state index contributed by atoms with van der Waals surface area (Å²) in [4.78, 5) is 12.7. The Balaban J connectivity index is 1.51.